The van der Waals surface area contributed by atoms with E-state index >= 15 is 0 Å². The highest BCUT2D eigenvalue weighted by Crippen LogP contribution is 2.47. The summed E-state index contributed by atoms with van der Waals surface area (Å²) in [5.74, 6) is -2.34. The second-order valence-corrected chi connectivity index (χ2v) is 9.23. The highest BCUT2D eigenvalue weighted by Gasteiger charge is 2.63. The van der Waals surface area contributed by atoms with Gasteiger partial charge < -0.3 is 9.47 Å². The Morgan fingerprint density at radius 3 is 1.66 bits per heavy atom. The van der Waals surface area contributed by atoms with E-state index in [1.807, 2.05) is 0 Å². The van der Waals surface area contributed by atoms with Crippen molar-refractivity contribution in [2.24, 2.45) is 0 Å². The van der Waals surface area contributed by atoms with Crippen LogP contribution >= 0.6 is 0 Å². The summed E-state index contributed by atoms with van der Waals surface area (Å²) in [6.45, 7) is 0. The molecule has 0 aliphatic heterocycles. The zero-order valence-electron chi connectivity index (χ0n) is 15.0. The first kappa shape index (κ1) is 25.4. The Hall–Kier alpha value is -2.88. The first-order chi connectivity index (χ1) is 14.6. The van der Waals surface area contributed by atoms with Gasteiger partial charge in [0, 0.05) is 6.42 Å². The van der Waals surface area contributed by atoms with Crippen LogP contribution in [0.5, 0.6) is 5.75 Å². The Bertz CT molecular complexity index is 1210. The minimum atomic E-state index is -6.54. The average molecular weight is 512 g/mol. The van der Waals surface area contributed by atoms with Gasteiger partial charge in [-0.3, -0.25) is 0 Å². The van der Waals surface area contributed by atoms with Crippen molar-refractivity contribution in [2.45, 2.75) is 10.5 Å². The quantitative estimate of drug-likeness (QED) is 0.287. The number of halogens is 8. The molecule has 32 heavy (non-hydrogen) atoms. The molecule has 0 spiro atoms. The Morgan fingerprint density at radius 1 is 0.750 bits per heavy atom. The highest BCUT2D eigenvalue weighted by molar-refractivity contribution is 8.06. The molecule has 176 valence electrons. The van der Waals surface area contributed by atoms with Crippen molar-refractivity contribution in [1.82, 2.24) is 0 Å². The lowest BCUT2D eigenvalue weighted by atomic mass is 9.95. The molecule has 0 heterocycles. The molecule has 2 rings (SSSR count). The lowest BCUT2D eigenvalue weighted by molar-refractivity contribution is 0.165. The molecule has 0 saturated heterocycles. The third-order valence-electron chi connectivity index (χ3n) is 3.95. The van der Waals surface area contributed by atoms with E-state index in [0.717, 1.165) is 30.3 Å². The normalized spacial score (nSPS) is 15.9. The fourth-order valence-electron chi connectivity index (χ4n) is 2.56. The number of rotatable bonds is 7. The Kier molecular flexibility index (Phi) is 7.08. The summed E-state index contributed by atoms with van der Waals surface area (Å²) in [5, 5.41) is 0. The number of hydrogen-bond acceptors (Lipinski definition) is 6. The van der Waals surface area contributed by atoms with Gasteiger partial charge in [-0.2, -0.15) is 43.2 Å². The summed E-state index contributed by atoms with van der Waals surface area (Å²) >= 11 is 0. The lowest BCUT2D eigenvalue weighted by Gasteiger charge is -2.30. The summed E-state index contributed by atoms with van der Waals surface area (Å²) in [6, 6.07) is -1.46. The van der Waals surface area contributed by atoms with Crippen LogP contribution < -0.4 is 4.74 Å². The molecule has 1 aliphatic carbocycles. The average Bonchev–Trinajstić information content (AvgIpc) is 2.66. The van der Waals surface area contributed by atoms with Crippen LogP contribution in [-0.4, -0.2) is 20.9 Å². The van der Waals surface area contributed by atoms with Crippen molar-refractivity contribution in [2.75, 3.05) is 0 Å². The van der Waals surface area contributed by atoms with Crippen molar-refractivity contribution >= 4 is 26.0 Å². The summed E-state index contributed by atoms with van der Waals surface area (Å²) in [5.41, 5.74) is -0.633. The minimum Gasteiger partial charge on any atom is -0.429 e. The van der Waals surface area contributed by atoms with Gasteiger partial charge in [0.25, 0.3) is 4.08 Å². The van der Waals surface area contributed by atoms with Crippen molar-refractivity contribution in [3.05, 3.63) is 71.9 Å². The van der Waals surface area contributed by atoms with Crippen LogP contribution in [0.15, 0.2) is 66.4 Å². The van der Waals surface area contributed by atoms with E-state index in [2.05, 4.69) is 9.47 Å². The van der Waals surface area contributed by atoms with E-state index in [0.29, 0.717) is 0 Å². The van der Waals surface area contributed by atoms with Crippen LogP contribution in [0.2, 0.25) is 0 Å². The first-order valence-corrected chi connectivity index (χ1v) is 10.5. The smallest absolute Gasteiger partial charge is 0.344 e. The van der Waals surface area contributed by atoms with Gasteiger partial charge in [0.15, 0.2) is 0 Å². The molecule has 0 unspecified atom stereocenters. The molecular weight excluding hydrogens is 504 g/mol. The molecule has 6 nitrogen and oxygen atoms in total. The van der Waals surface area contributed by atoms with Crippen LogP contribution in [0.3, 0.4) is 0 Å². The van der Waals surface area contributed by atoms with Gasteiger partial charge in [-0.1, -0.05) is 18.2 Å². The van der Waals surface area contributed by atoms with E-state index in [9.17, 15) is 50.9 Å². The molecule has 16 heteroatoms. The number of hydrogen-bond donors (Lipinski definition) is 0. The molecule has 0 aromatic heterocycles. The summed E-state index contributed by atoms with van der Waals surface area (Å²) in [6.07, 6.45) is -6.56. The maximum atomic E-state index is 14.0. The van der Waals surface area contributed by atoms with Crippen LogP contribution in [-0.2, 0) is 25.2 Å². The predicted octanol–water partition coefficient (Wildman–Crippen LogP) is 5.12. The van der Waals surface area contributed by atoms with Crippen LogP contribution in [0.4, 0.5) is 34.1 Å². The van der Waals surface area contributed by atoms with Gasteiger partial charge in [-0.25, -0.2) is 0 Å². The molecule has 0 saturated carbocycles. The van der Waals surface area contributed by atoms with Gasteiger partial charge in [0.05, 0.1) is 0 Å². The third-order valence-corrected chi connectivity index (χ3v) is 7.41. The molecule has 0 atom stereocenters. The molecule has 0 fully saturated rings. The van der Waals surface area contributed by atoms with E-state index in [1.165, 1.54) is 0 Å². The van der Waals surface area contributed by atoms with E-state index in [4.69, 9.17) is 0 Å². The van der Waals surface area contributed by atoms with Crippen LogP contribution in [0.25, 0.3) is 5.57 Å². The van der Waals surface area contributed by atoms with Crippen molar-refractivity contribution in [3.63, 3.8) is 0 Å². The molecule has 1 aliphatic rings. The van der Waals surface area contributed by atoms with Gasteiger partial charge >= 0.3 is 44.6 Å². The second-order valence-electron chi connectivity index (χ2n) is 5.82. The Labute approximate surface area is 175 Å². The largest absolute Gasteiger partial charge is 0.429 e. The monoisotopic (exact) mass is 512 g/mol. The molecule has 1 aromatic carbocycles. The topological polar surface area (TPSA) is 86.7 Å². The number of benzene rings is 1. The standard InChI is InChI=1S/C16H8F8O6S2/c17-12(18)14(21)29-10-4-1-8(2-5-10)9-3-6-11(30-15(22)13(19)20)16(7-9,31(23,25)26)32(24,27)28/h1-6H,7H2. The molecule has 0 bridgehead atoms. The summed E-state index contributed by atoms with van der Waals surface area (Å²) in [7, 11) is -13.1. The Balaban J connectivity index is 2.61. The fraction of sp³-hybridized carbons (Fsp3) is 0.125. The number of allylic oxidation sites excluding steroid dienone is 3. The third kappa shape index (κ3) is 4.95. The first-order valence-electron chi connectivity index (χ1n) is 7.77. The molecule has 1 aromatic rings. The SMILES string of the molecule is O=S(=O)(F)C1(S(=O)(=O)F)CC(c2ccc(OC(F)=C(F)F)cc2)=CC=C1OC(F)=C(F)F. The van der Waals surface area contributed by atoms with Crippen molar-refractivity contribution in [1.29, 1.82) is 0 Å². The molecule has 0 amide bonds. The zero-order chi connectivity index (χ0) is 24.5. The van der Waals surface area contributed by atoms with Crippen LogP contribution in [0, 0.1) is 0 Å². The highest BCUT2D eigenvalue weighted by atomic mass is 32.3. The van der Waals surface area contributed by atoms with Crippen LogP contribution in [0.1, 0.15) is 12.0 Å². The van der Waals surface area contributed by atoms with Gasteiger partial charge in [-0.15, -0.1) is 7.77 Å². The van der Waals surface area contributed by atoms with E-state index < -0.39 is 72.2 Å². The molecule has 0 radical (unpaired) electrons. The summed E-state index contributed by atoms with van der Waals surface area (Å²) < 4.78 is 153. The second kappa shape index (κ2) is 8.93. The van der Waals surface area contributed by atoms with Crippen molar-refractivity contribution in [3.8, 4) is 5.75 Å². The maximum Gasteiger partial charge on any atom is 0.344 e. The van der Waals surface area contributed by atoms with Gasteiger partial charge in [-0.05, 0) is 29.3 Å². The molecular formula is C16H8F8O6S2. The predicted molar refractivity (Wildman–Crippen MR) is 92.3 cm³/mol. The van der Waals surface area contributed by atoms with Crippen molar-refractivity contribution < 1.29 is 60.4 Å². The lowest BCUT2D eigenvalue weighted by Crippen LogP contribution is -2.46. The fourth-order valence-corrected chi connectivity index (χ4v) is 4.86. The van der Waals surface area contributed by atoms with E-state index in [1.54, 1.807) is 0 Å². The minimum absolute atomic E-state index is 0.179. The summed E-state index contributed by atoms with van der Waals surface area (Å²) in [4.78, 5) is 0. The van der Waals surface area contributed by atoms with E-state index in [-0.39, 0.29) is 11.6 Å². The number of ether oxygens (including phenoxy) is 2. The van der Waals surface area contributed by atoms with Gasteiger partial charge in [0.1, 0.15) is 11.5 Å². The van der Waals surface area contributed by atoms with Gasteiger partial charge in [0.2, 0.25) is 0 Å². The maximum absolute atomic E-state index is 14.0. The Morgan fingerprint density at radius 2 is 1.22 bits per heavy atom. The molecule has 0 N–H and O–H groups in total. The zero-order valence-corrected chi connectivity index (χ0v) is 16.6.